The number of hydrogen-bond acceptors (Lipinski definition) is 7. The van der Waals surface area contributed by atoms with Crippen LogP contribution >= 0.6 is 0 Å². The Morgan fingerprint density at radius 2 is 1.64 bits per heavy atom. The minimum Gasteiger partial charge on any atom is -0.388 e. The molecule has 2 aromatic rings. The third-order valence-electron chi connectivity index (χ3n) is 8.43. The first kappa shape index (κ1) is 34.9. The predicted octanol–water partition coefficient (Wildman–Crippen LogP) is 4.38. The van der Waals surface area contributed by atoms with E-state index >= 15 is 0 Å². The van der Waals surface area contributed by atoms with Gasteiger partial charge in [-0.2, -0.15) is 17.5 Å². The lowest BCUT2D eigenvalue weighted by Crippen LogP contribution is -2.51. The molecule has 1 spiro atoms. The van der Waals surface area contributed by atoms with Gasteiger partial charge in [0.05, 0.1) is 10.5 Å². The van der Waals surface area contributed by atoms with E-state index in [4.69, 9.17) is 10.6 Å². The second-order valence-corrected chi connectivity index (χ2v) is 14.2. The monoisotopic (exact) mass is 651 g/mol. The van der Waals surface area contributed by atoms with Gasteiger partial charge in [0.2, 0.25) is 10.0 Å². The third-order valence-corrected chi connectivity index (χ3v) is 10.3. The van der Waals surface area contributed by atoms with E-state index in [1.807, 2.05) is 18.2 Å². The SMILES string of the molecule is CC(C)CN.O=C(C1=NOC2(CCN(S(=O)(=O)c3cccc(C(F)(F)F)c3)CC2)C1)N1CCN(CCCc2ccccc2)CC1. The molecule has 2 aromatic carbocycles. The number of halogens is 3. The second-order valence-electron chi connectivity index (χ2n) is 12.3. The van der Waals surface area contributed by atoms with Gasteiger partial charge in [0, 0.05) is 58.5 Å². The van der Waals surface area contributed by atoms with Crippen molar-refractivity contribution < 1.29 is 31.2 Å². The van der Waals surface area contributed by atoms with Crippen molar-refractivity contribution >= 4 is 21.6 Å². The van der Waals surface area contributed by atoms with Crippen molar-refractivity contribution in [3.05, 3.63) is 65.7 Å². The van der Waals surface area contributed by atoms with Crippen LogP contribution in [0.5, 0.6) is 0 Å². The van der Waals surface area contributed by atoms with Crippen LogP contribution in [-0.2, 0) is 32.3 Å². The van der Waals surface area contributed by atoms with E-state index < -0.39 is 32.3 Å². The molecule has 3 aliphatic rings. The summed E-state index contributed by atoms with van der Waals surface area (Å²) in [6, 6.07) is 14.1. The number of hydrogen-bond donors (Lipinski definition) is 1. The van der Waals surface area contributed by atoms with Crippen LogP contribution in [-0.4, -0.2) is 92.1 Å². The lowest BCUT2D eigenvalue weighted by molar-refractivity contribution is -0.137. The van der Waals surface area contributed by atoms with Gasteiger partial charge in [0.25, 0.3) is 5.91 Å². The normalized spacial score (nSPS) is 19.2. The average molecular weight is 652 g/mol. The lowest BCUT2D eigenvalue weighted by Gasteiger charge is -2.37. The molecular formula is C32H44F3N5O4S. The Hall–Kier alpha value is -3.00. The number of oxime groups is 1. The minimum absolute atomic E-state index is 0.0667. The van der Waals surface area contributed by atoms with Crippen LogP contribution in [0.15, 0.2) is 64.6 Å². The maximum absolute atomic E-state index is 13.2. The number of rotatable bonds is 8. The quantitative estimate of drug-likeness (QED) is 0.454. The molecular weight excluding hydrogens is 607 g/mol. The van der Waals surface area contributed by atoms with Crippen LogP contribution in [0.2, 0.25) is 0 Å². The molecule has 0 unspecified atom stereocenters. The molecule has 248 valence electrons. The summed E-state index contributed by atoms with van der Waals surface area (Å²) in [6.07, 6.45) is -1.68. The lowest BCUT2D eigenvalue weighted by atomic mass is 9.87. The molecule has 5 rings (SSSR count). The van der Waals surface area contributed by atoms with E-state index in [0.717, 1.165) is 51.2 Å². The molecule has 13 heteroatoms. The molecule has 3 heterocycles. The number of nitrogens with two attached hydrogens (primary N) is 1. The number of piperazine rings is 1. The van der Waals surface area contributed by atoms with Gasteiger partial charge >= 0.3 is 6.18 Å². The standard InChI is InChI=1S/C28H33F3N4O4S.C4H11N/c29-28(30,31)23-9-4-10-24(20-23)40(37,38)35-14-11-27(12-15-35)21-25(32-39-27)26(36)34-18-16-33(17-19-34)13-5-8-22-6-2-1-3-7-22;1-4(2)3-5/h1-4,6-7,9-10,20H,5,8,11-19,21H2;4H,3,5H2,1-2H3. The highest BCUT2D eigenvalue weighted by Crippen LogP contribution is 2.37. The number of nitrogens with zero attached hydrogens (tertiary/aromatic N) is 4. The summed E-state index contributed by atoms with van der Waals surface area (Å²) in [5.74, 6) is 0.509. The molecule has 0 radical (unpaired) electrons. The molecule has 3 aliphatic heterocycles. The van der Waals surface area contributed by atoms with E-state index in [0.29, 0.717) is 50.0 Å². The number of sulfonamides is 1. The molecule has 0 saturated carbocycles. The van der Waals surface area contributed by atoms with Crippen molar-refractivity contribution in [3.63, 3.8) is 0 Å². The fourth-order valence-corrected chi connectivity index (χ4v) is 7.02. The van der Waals surface area contributed by atoms with Gasteiger partial charge in [0.1, 0.15) is 11.3 Å². The molecule has 0 aliphatic carbocycles. The van der Waals surface area contributed by atoms with Crippen molar-refractivity contribution in [2.24, 2.45) is 16.8 Å². The van der Waals surface area contributed by atoms with Crippen molar-refractivity contribution in [2.75, 3.05) is 52.4 Å². The summed E-state index contributed by atoms with van der Waals surface area (Å²) in [7, 11) is -4.11. The van der Waals surface area contributed by atoms with Crippen LogP contribution in [0, 0.1) is 5.92 Å². The Morgan fingerprint density at radius 1 is 1.00 bits per heavy atom. The maximum atomic E-state index is 13.2. The van der Waals surface area contributed by atoms with Gasteiger partial charge in [-0.1, -0.05) is 55.4 Å². The Balaban J connectivity index is 0.000000854. The summed E-state index contributed by atoms with van der Waals surface area (Å²) in [4.78, 5) is 22.6. The molecule has 2 saturated heterocycles. The van der Waals surface area contributed by atoms with Crippen molar-refractivity contribution in [1.82, 2.24) is 14.1 Å². The number of amides is 1. The van der Waals surface area contributed by atoms with E-state index in [2.05, 4.69) is 36.0 Å². The van der Waals surface area contributed by atoms with Crippen molar-refractivity contribution in [3.8, 4) is 0 Å². The first-order valence-corrected chi connectivity index (χ1v) is 16.9. The van der Waals surface area contributed by atoms with Crippen LogP contribution in [0.25, 0.3) is 0 Å². The van der Waals surface area contributed by atoms with Gasteiger partial charge in [-0.05, 0) is 55.6 Å². The number of carbonyl (C=O) groups is 1. The number of carbonyl (C=O) groups excluding carboxylic acids is 1. The van der Waals surface area contributed by atoms with E-state index in [1.165, 1.54) is 15.9 Å². The van der Waals surface area contributed by atoms with Crippen LogP contribution in [0.1, 0.15) is 50.7 Å². The zero-order valence-corrected chi connectivity index (χ0v) is 26.8. The Labute approximate surface area is 264 Å². The maximum Gasteiger partial charge on any atom is 0.416 e. The summed E-state index contributed by atoms with van der Waals surface area (Å²) >= 11 is 0. The van der Waals surface area contributed by atoms with E-state index in [-0.39, 0.29) is 19.0 Å². The van der Waals surface area contributed by atoms with Gasteiger partial charge in [-0.15, -0.1) is 0 Å². The summed E-state index contributed by atoms with van der Waals surface area (Å²) < 4.78 is 66.5. The Kier molecular flexibility index (Phi) is 11.7. The van der Waals surface area contributed by atoms with Gasteiger partial charge < -0.3 is 15.5 Å². The molecule has 45 heavy (non-hydrogen) atoms. The third kappa shape index (κ3) is 9.27. The molecule has 0 atom stereocenters. The number of aryl methyl sites for hydroxylation is 1. The summed E-state index contributed by atoms with van der Waals surface area (Å²) in [5.41, 5.74) is 5.05. The van der Waals surface area contributed by atoms with Crippen LogP contribution in [0.3, 0.4) is 0 Å². The predicted molar refractivity (Wildman–Crippen MR) is 167 cm³/mol. The highest BCUT2D eigenvalue weighted by Gasteiger charge is 2.46. The topological polar surface area (TPSA) is 109 Å². The first-order chi connectivity index (χ1) is 21.3. The largest absolute Gasteiger partial charge is 0.416 e. The molecule has 0 bridgehead atoms. The molecule has 2 fully saturated rings. The minimum atomic E-state index is -4.63. The van der Waals surface area contributed by atoms with Crippen molar-refractivity contribution in [2.45, 2.75) is 62.6 Å². The highest BCUT2D eigenvalue weighted by molar-refractivity contribution is 7.89. The summed E-state index contributed by atoms with van der Waals surface area (Å²) in [5, 5.41) is 4.09. The molecule has 2 N–H and O–H groups in total. The summed E-state index contributed by atoms with van der Waals surface area (Å²) in [6.45, 7) is 8.92. The smallest absolute Gasteiger partial charge is 0.388 e. The Bertz CT molecular complexity index is 1400. The van der Waals surface area contributed by atoms with Crippen LogP contribution < -0.4 is 5.73 Å². The zero-order valence-electron chi connectivity index (χ0n) is 26.0. The van der Waals surface area contributed by atoms with Gasteiger partial charge in [-0.25, -0.2) is 8.42 Å². The fraction of sp³-hybridized carbons (Fsp3) is 0.562. The molecule has 1 amide bonds. The fourth-order valence-electron chi connectivity index (χ4n) is 5.53. The highest BCUT2D eigenvalue weighted by atomic mass is 32.2. The van der Waals surface area contributed by atoms with E-state index in [1.54, 1.807) is 4.90 Å². The van der Waals surface area contributed by atoms with Gasteiger partial charge in [0.15, 0.2) is 0 Å². The second kappa shape index (κ2) is 15.1. The number of piperidine rings is 1. The van der Waals surface area contributed by atoms with E-state index in [9.17, 15) is 26.4 Å². The number of alkyl halides is 3. The number of benzene rings is 2. The molecule has 9 nitrogen and oxygen atoms in total. The average Bonchev–Trinajstić information content (AvgIpc) is 3.45. The van der Waals surface area contributed by atoms with Gasteiger partial charge in [-0.3, -0.25) is 9.69 Å². The van der Waals surface area contributed by atoms with Crippen molar-refractivity contribution in [1.29, 1.82) is 0 Å². The zero-order chi connectivity index (χ0) is 32.7. The first-order valence-electron chi connectivity index (χ1n) is 15.5. The molecule has 0 aromatic heterocycles. The Morgan fingerprint density at radius 3 is 2.24 bits per heavy atom. The van der Waals surface area contributed by atoms with Crippen LogP contribution in [0.4, 0.5) is 13.2 Å².